The van der Waals surface area contributed by atoms with Crippen molar-refractivity contribution in [3.63, 3.8) is 0 Å². The Bertz CT molecular complexity index is 714. The van der Waals surface area contributed by atoms with Gasteiger partial charge in [0.1, 0.15) is 0 Å². The maximum Gasteiger partial charge on any atom is 0.243 e. The second-order valence-electron chi connectivity index (χ2n) is 5.69. The standard InChI is InChI=1S/C19H24N2O4/c1-12-6-13(2)8-14(7-12)20-11-18(22)21-15-9-16(23-3)19(25-5)17(10-15)24-4/h6-10,20H,11H2,1-5H3,(H,21,22). The summed E-state index contributed by atoms with van der Waals surface area (Å²) in [4.78, 5) is 12.2. The first-order valence-electron chi connectivity index (χ1n) is 7.89. The fourth-order valence-electron chi connectivity index (χ4n) is 2.62. The normalized spacial score (nSPS) is 10.1. The van der Waals surface area contributed by atoms with Crippen molar-refractivity contribution in [2.75, 3.05) is 38.5 Å². The molecular formula is C19H24N2O4. The van der Waals surface area contributed by atoms with Crippen molar-refractivity contribution in [2.45, 2.75) is 13.8 Å². The van der Waals surface area contributed by atoms with E-state index in [0.717, 1.165) is 16.8 Å². The van der Waals surface area contributed by atoms with Gasteiger partial charge in [-0.3, -0.25) is 4.79 Å². The van der Waals surface area contributed by atoms with Crippen molar-refractivity contribution in [3.8, 4) is 17.2 Å². The third-order valence-electron chi connectivity index (χ3n) is 3.62. The van der Waals surface area contributed by atoms with Crippen LogP contribution < -0.4 is 24.8 Å². The first-order valence-corrected chi connectivity index (χ1v) is 7.89. The Morgan fingerprint density at radius 3 is 1.88 bits per heavy atom. The highest BCUT2D eigenvalue weighted by Gasteiger charge is 2.14. The third kappa shape index (κ3) is 4.79. The highest BCUT2D eigenvalue weighted by atomic mass is 16.5. The Kier molecular flexibility index (Phi) is 6.11. The molecule has 6 heteroatoms. The van der Waals surface area contributed by atoms with Crippen LogP contribution in [-0.2, 0) is 4.79 Å². The van der Waals surface area contributed by atoms with Crippen molar-refractivity contribution in [1.82, 2.24) is 0 Å². The number of aryl methyl sites for hydroxylation is 2. The number of rotatable bonds is 7. The zero-order valence-electron chi connectivity index (χ0n) is 15.2. The number of methoxy groups -OCH3 is 3. The summed E-state index contributed by atoms with van der Waals surface area (Å²) >= 11 is 0. The van der Waals surface area contributed by atoms with Gasteiger partial charge in [0.25, 0.3) is 0 Å². The van der Waals surface area contributed by atoms with Gasteiger partial charge in [0.15, 0.2) is 11.5 Å². The fourth-order valence-corrected chi connectivity index (χ4v) is 2.62. The molecule has 6 nitrogen and oxygen atoms in total. The van der Waals surface area contributed by atoms with Crippen molar-refractivity contribution in [1.29, 1.82) is 0 Å². The molecule has 0 heterocycles. The number of hydrogen-bond donors (Lipinski definition) is 2. The van der Waals surface area contributed by atoms with Crippen LogP contribution in [0.5, 0.6) is 17.2 Å². The van der Waals surface area contributed by atoms with Gasteiger partial charge in [-0.2, -0.15) is 0 Å². The van der Waals surface area contributed by atoms with Crippen molar-refractivity contribution in [2.24, 2.45) is 0 Å². The molecule has 2 N–H and O–H groups in total. The lowest BCUT2D eigenvalue weighted by atomic mass is 10.1. The zero-order valence-corrected chi connectivity index (χ0v) is 15.2. The SMILES string of the molecule is COc1cc(NC(=O)CNc2cc(C)cc(C)c2)cc(OC)c1OC. The fraction of sp³-hybridized carbons (Fsp3) is 0.316. The summed E-state index contributed by atoms with van der Waals surface area (Å²) < 4.78 is 15.8. The number of ether oxygens (including phenoxy) is 3. The molecule has 2 aromatic rings. The van der Waals surface area contributed by atoms with E-state index in [2.05, 4.69) is 16.7 Å². The second kappa shape index (κ2) is 8.28. The Morgan fingerprint density at radius 1 is 0.840 bits per heavy atom. The quantitative estimate of drug-likeness (QED) is 0.806. The molecule has 0 saturated carbocycles. The van der Waals surface area contributed by atoms with Crippen molar-refractivity contribution < 1.29 is 19.0 Å². The molecule has 0 atom stereocenters. The summed E-state index contributed by atoms with van der Waals surface area (Å²) in [5.74, 6) is 1.28. The predicted octanol–water partition coefficient (Wildman–Crippen LogP) is 3.38. The molecule has 0 bridgehead atoms. The summed E-state index contributed by atoms with van der Waals surface area (Å²) in [7, 11) is 4.60. The minimum Gasteiger partial charge on any atom is -0.493 e. The van der Waals surface area contributed by atoms with Gasteiger partial charge in [-0.15, -0.1) is 0 Å². The number of nitrogens with one attached hydrogen (secondary N) is 2. The molecule has 0 saturated heterocycles. The van der Waals surface area contributed by atoms with Crippen molar-refractivity contribution >= 4 is 17.3 Å². The van der Waals surface area contributed by atoms with Gasteiger partial charge < -0.3 is 24.8 Å². The Labute approximate surface area is 148 Å². The molecule has 25 heavy (non-hydrogen) atoms. The van der Waals surface area contributed by atoms with E-state index in [1.165, 1.54) is 21.3 Å². The minimum absolute atomic E-state index is 0.152. The minimum atomic E-state index is -0.173. The molecule has 2 aromatic carbocycles. The van der Waals surface area contributed by atoms with E-state index < -0.39 is 0 Å². The van der Waals surface area contributed by atoms with E-state index in [-0.39, 0.29) is 12.5 Å². The monoisotopic (exact) mass is 344 g/mol. The van der Waals surface area contributed by atoms with Gasteiger partial charge in [-0.1, -0.05) is 6.07 Å². The molecule has 0 fully saturated rings. The van der Waals surface area contributed by atoms with Crippen LogP contribution >= 0.6 is 0 Å². The first-order chi connectivity index (χ1) is 12.0. The maximum absolute atomic E-state index is 12.2. The van der Waals surface area contributed by atoms with Crippen LogP contribution in [0.1, 0.15) is 11.1 Å². The zero-order chi connectivity index (χ0) is 18.4. The maximum atomic E-state index is 12.2. The van der Waals surface area contributed by atoms with Crippen LogP contribution in [0.15, 0.2) is 30.3 Å². The van der Waals surface area contributed by atoms with Gasteiger partial charge >= 0.3 is 0 Å². The van der Waals surface area contributed by atoms with Crippen LogP contribution in [0.2, 0.25) is 0 Å². The molecule has 1 amide bonds. The summed E-state index contributed by atoms with van der Waals surface area (Å²) in [5, 5.41) is 5.95. The molecule has 0 unspecified atom stereocenters. The second-order valence-corrected chi connectivity index (χ2v) is 5.69. The molecular weight excluding hydrogens is 320 g/mol. The molecule has 0 aliphatic carbocycles. The lowest BCUT2D eigenvalue weighted by molar-refractivity contribution is -0.114. The summed E-state index contributed by atoms with van der Waals surface area (Å²) in [6.45, 7) is 4.20. The van der Waals surface area contributed by atoms with Gasteiger partial charge in [0, 0.05) is 23.5 Å². The largest absolute Gasteiger partial charge is 0.493 e. The molecule has 0 aromatic heterocycles. The van der Waals surface area contributed by atoms with Crippen LogP contribution in [0.4, 0.5) is 11.4 Å². The third-order valence-corrected chi connectivity index (χ3v) is 3.62. The number of carbonyl (C=O) groups is 1. The van der Waals surface area contributed by atoms with E-state index in [9.17, 15) is 4.79 Å². The number of amides is 1. The molecule has 0 spiro atoms. The lowest BCUT2D eigenvalue weighted by Crippen LogP contribution is -2.21. The highest BCUT2D eigenvalue weighted by Crippen LogP contribution is 2.39. The predicted molar refractivity (Wildman–Crippen MR) is 99.1 cm³/mol. The van der Waals surface area contributed by atoms with Gasteiger partial charge in [0.05, 0.1) is 27.9 Å². The number of hydrogen-bond acceptors (Lipinski definition) is 5. The summed E-state index contributed by atoms with van der Waals surface area (Å²) in [6, 6.07) is 9.47. The smallest absolute Gasteiger partial charge is 0.243 e. The Balaban J connectivity index is 2.07. The van der Waals surface area contributed by atoms with Crippen LogP contribution in [0.3, 0.4) is 0 Å². The average molecular weight is 344 g/mol. The molecule has 0 aliphatic heterocycles. The molecule has 2 rings (SSSR count). The van der Waals surface area contributed by atoms with Crippen LogP contribution in [0.25, 0.3) is 0 Å². The van der Waals surface area contributed by atoms with E-state index in [4.69, 9.17) is 14.2 Å². The average Bonchev–Trinajstić information content (AvgIpc) is 2.58. The highest BCUT2D eigenvalue weighted by molar-refractivity contribution is 5.94. The summed E-state index contributed by atoms with van der Waals surface area (Å²) in [6.07, 6.45) is 0. The number of anilines is 2. The van der Waals surface area contributed by atoms with E-state index in [1.54, 1.807) is 12.1 Å². The van der Waals surface area contributed by atoms with Crippen LogP contribution in [-0.4, -0.2) is 33.8 Å². The summed E-state index contributed by atoms with van der Waals surface area (Å²) in [5.41, 5.74) is 3.78. The molecule has 0 radical (unpaired) electrons. The first kappa shape index (κ1) is 18.4. The van der Waals surface area contributed by atoms with Gasteiger partial charge in [-0.05, 0) is 37.1 Å². The van der Waals surface area contributed by atoms with Gasteiger partial charge in [-0.25, -0.2) is 0 Å². The number of carbonyl (C=O) groups excluding carboxylic acids is 1. The molecule has 0 aliphatic rings. The lowest BCUT2D eigenvalue weighted by Gasteiger charge is -2.15. The van der Waals surface area contributed by atoms with Crippen LogP contribution in [0, 0.1) is 13.8 Å². The van der Waals surface area contributed by atoms with E-state index >= 15 is 0 Å². The van der Waals surface area contributed by atoms with E-state index in [0.29, 0.717) is 22.9 Å². The van der Waals surface area contributed by atoms with E-state index in [1.807, 2.05) is 26.0 Å². The van der Waals surface area contributed by atoms with Crippen molar-refractivity contribution in [3.05, 3.63) is 41.5 Å². The Hall–Kier alpha value is -2.89. The Morgan fingerprint density at radius 2 is 1.40 bits per heavy atom. The topological polar surface area (TPSA) is 68.8 Å². The van der Waals surface area contributed by atoms with Gasteiger partial charge in [0.2, 0.25) is 11.7 Å². The number of benzene rings is 2. The molecule has 134 valence electrons.